The largest absolute Gasteiger partial charge is 0.382 e. The second-order valence-electron chi connectivity index (χ2n) is 5.22. The van der Waals surface area contributed by atoms with Crippen molar-refractivity contribution in [3.63, 3.8) is 0 Å². The number of rotatable bonds is 6. The van der Waals surface area contributed by atoms with Crippen LogP contribution in [0, 0.1) is 0 Å². The van der Waals surface area contributed by atoms with Crippen LogP contribution in [-0.2, 0) is 14.2 Å². The van der Waals surface area contributed by atoms with Crippen molar-refractivity contribution in [1.82, 2.24) is 4.90 Å². The molecule has 2 rings (SSSR count). The monoisotopic (exact) mass is 243 g/mol. The first-order valence-electron chi connectivity index (χ1n) is 6.58. The van der Waals surface area contributed by atoms with Crippen LogP contribution in [0.4, 0.5) is 0 Å². The fraction of sp³-hybridized carbons (Fsp3) is 1.00. The summed E-state index contributed by atoms with van der Waals surface area (Å²) in [4.78, 5) is 2.61. The van der Waals surface area contributed by atoms with Gasteiger partial charge < -0.3 is 14.2 Å². The molecule has 2 aliphatic rings. The third-order valence-corrected chi connectivity index (χ3v) is 4.27. The summed E-state index contributed by atoms with van der Waals surface area (Å²) in [5, 5.41) is 0. The standard InChI is InChI=1S/C13H25NO3/c1-15-9-13(17-3)8-14-10-4-5-11(14)7-12(6-10)16-2/h10-13H,4-9H2,1-3H3/t10-,11+,12?,13?. The van der Waals surface area contributed by atoms with Gasteiger partial charge in [-0.15, -0.1) is 0 Å². The Morgan fingerprint density at radius 1 is 1.12 bits per heavy atom. The van der Waals surface area contributed by atoms with Crippen molar-refractivity contribution in [1.29, 1.82) is 0 Å². The Morgan fingerprint density at radius 2 is 1.76 bits per heavy atom. The van der Waals surface area contributed by atoms with E-state index in [0.717, 1.165) is 6.54 Å². The summed E-state index contributed by atoms with van der Waals surface area (Å²) in [7, 11) is 5.34. The smallest absolute Gasteiger partial charge is 0.0931 e. The van der Waals surface area contributed by atoms with Crippen LogP contribution in [0.25, 0.3) is 0 Å². The van der Waals surface area contributed by atoms with Gasteiger partial charge in [0.1, 0.15) is 0 Å². The van der Waals surface area contributed by atoms with E-state index in [-0.39, 0.29) is 6.10 Å². The van der Waals surface area contributed by atoms with Crippen LogP contribution in [0.2, 0.25) is 0 Å². The second kappa shape index (κ2) is 6.14. The highest BCUT2D eigenvalue weighted by Gasteiger charge is 2.41. The first-order valence-corrected chi connectivity index (χ1v) is 6.58. The lowest BCUT2D eigenvalue weighted by molar-refractivity contribution is -0.0376. The molecule has 0 amide bonds. The van der Waals surface area contributed by atoms with E-state index in [0.29, 0.717) is 24.8 Å². The Bertz CT molecular complexity index is 223. The van der Waals surface area contributed by atoms with Crippen LogP contribution >= 0.6 is 0 Å². The van der Waals surface area contributed by atoms with Gasteiger partial charge in [0.15, 0.2) is 0 Å². The topological polar surface area (TPSA) is 30.9 Å². The van der Waals surface area contributed by atoms with E-state index >= 15 is 0 Å². The maximum Gasteiger partial charge on any atom is 0.0931 e. The predicted octanol–water partition coefficient (Wildman–Crippen LogP) is 1.29. The van der Waals surface area contributed by atoms with Crippen molar-refractivity contribution in [2.45, 2.75) is 50.0 Å². The van der Waals surface area contributed by atoms with Gasteiger partial charge in [-0.2, -0.15) is 0 Å². The highest BCUT2D eigenvalue weighted by atomic mass is 16.5. The lowest BCUT2D eigenvalue weighted by Gasteiger charge is -2.39. The molecular weight excluding hydrogens is 218 g/mol. The van der Waals surface area contributed by atoms with Crippen LogP contribution in [0.1, 0.15) is 25.7 Å². The van der Waals surface area contributed by atoms with Gasteiger partial charge in [-0.05, 0) is 25.7 Å². The second-order valence-corrected chi connectivity index (χ2v) is 5.22. The number of hydrogen-bond donors (Lipinski definition) is 0. The van der Waals surface area contributed by atoms with Crippen molar-refractivity contribution in [3.05, 3.63) is 0 Å². The van der Waals surface area contributed by atoms with Crippen molar-refractivity contribution in [2.75, 3.05) is 34.5 Å². The van der Waals surface area contributed by atoms with E-state index in [1.165, 1.54) is 25.7 Å². The molecule has 2 saturated heterocycles. The van der Waals surface area contributed by atoms with Crippen LogP contribution in [0.15, 0.2) is 0 Å². The molecule has 0 aromatic carbocycles. The number of piperidine rings is 1. The van der Waals surface area contributed by atoms with E-state index in [4.69, 9.17) is 14.2 Å². The average molecular weight is 243 g/mol. The van der Waals surface area contributed by atoms with E-state index in [9.17, 15) is 0 Å². The van der Waals surface area contributed by atoms with Crippen LogP contribution in [0.3, 0.4) is 0 Å². The van der Waals surface area contributed by atoms with Crippen molar-refractivity contribution >= 4 is 0 Å². The zero-order valence-electron chi connectivity index (χ0n) is 11.2. The number of nitrogens with zero attached hydrogens (tertiary/aromatic N) is 1. The van der Waals surface area contributed by atoms with E-state index in [1.54, 1.807) is 14.2 Å². The molecule has 2 heterocycles. The summed E-state index contributed by atoms with van der Waals surface area (Å²) >= 11 is 0. The van der Waals surface area contributed by atoms with E-state index < -0.39 is 0 Å². The van der Waals surface area contributed by atoms with Crippen molar-refractivity contribution in [3.8, 4) is 0 Å². The summed E-state index contributed by atoms with van der Waals surface area (Å²) < 4.78 is 16.2. The molecule has 4 heteroatoms. The minimum absolute atomic E-state index is 0.196. The number of hydrogen-bond acceptors (Lipinski definition) is 4. The average Bonchev–Trinajstić information content (AvgIpc) is 2.60. The first-order chi connectivity index (χ1) is 8.28. The molecule has 0 aromatic rings. The quantitative estimate of drug-likeness (QED) is 0.703. The molecule has 100 valence electrons. The normalized spacial score (nSPS) is 35.1. The van der Waals surface area contributed by atoms with Gasteiger partial charge in [-0.25, -0.2) is 0 Å². The van der Waals surface area contributed by atoms with Crippen molar-refractivity contribution in [2.24, 2.45) is 0 Å². The minimum Gasteiger partial charge on any atom is -0.382 e. The Morgan fingerprint density at radius 3 is 2.24 bits per heavy atom. The van der Waals surface area contributed by atoms with Gasteiger partial charge >= 0.3 is 0 Å². The fourth-order valence-electron chi connectivity index (χ4n) is 3.33. The molecule has 0 N–H and O–H groups in total. The molecule has 0 saturated carbocycles. The summed E-state index contributed by atoms with van der Waals surface area (Å²) in [5.74, 6) is 0. The predicted molar refractivity (Wildman–Crippen MR) is 66.2 cm³/mol. The van der Waals surface area contributed by atoms with Gasteiger partial charge in [0.2, 0.25) is 0 Å². The highest BCUT2D eigenvalue weighted by molar-refractivity contribution is 4.96. The molecule has 2 bridgehead atoms. The maximum absolute atomic E-state index is 5.52. The zero-order valence-corrected chi connectivity index (χ0v) is 11.2. The van der Waals surface area contributed by atoms with Crippen molar-refractivity contribution < 1.29 is 14.2 Å². The Hall–Kier alpha value is -0.160. The lowest BCUT2D eigenvalue weighted by atomic mass is 9.99. The SMILES string of the molecule is COCC(CN1[C@@H]2CC[C@H]1CC(OC)C2)OC. The molecular formula is C13H25NO3. The molecule has 4 atom stereocenters. The molecule has 0 radical (unpaired) electrons. The van der Waals surface area contributed by atoms with Crippen LogP contribution < -0.4 is 0 Å². The lowest BCUT2D eigenvalue weighted by Crippen LogP contribution is -2.49. The third kappa shape index (κ3) is 2.99. The zero-order chi connectivity index (χ0) is 12.3. The minimum atomic E-state index is 0.196. The molecule has 2 unspecified atom stereocenters. The van der Waals surface area contributed by atoms with Gasteiger partial charge in [-0.3, -0.25) is 4.90 Å². The Labute approximate surface area is 104 Å². The molecule has 0 aromatic heterocycles. The third-order valence-electron chi connectivity index (χ3n) is 4.27. The van der Waals surface area contributed by atoms with Gasteiger partial charge in [0.05, 0.1) is 18.8 Å². The number of methoxy groups -OCH3 is 3. The Kier molecular flexibility index (Phi) is 4.79. The van der Waals surface area contributed by atoms with Gasteiger partial charge in [-0.1, -0.05) is 0 Å². The summed E-state index contributed by atoms with van der Waals surface area (Å²) in [5.41, 5.74) is 0. The molecule has 0 aliphatic carbocycles. The molecule has 0 spiro atoms. The molecule has 4 nitrogen and oxygen atoms in total. The maximum atomic E-state index is 5.52. The molecule has 2 fully saturated rings. The van der Waals surface area contributed by atoms with Crippen LogP contribution in [-0.4, -0.2) is 63.7 Å². The molecule has 2 aliphatic heterocycles. The van der Waals surface area contributed by atoms with Crippen LogP contribution in [0.5, 0.6) is 0 Å². The van der Waals surface area contributed by atoms with E-state index in [2.05, 4.69) is 4.90 Å². The summed E-state index contributed by atoms with van der Waals surface area (Å²) in [6, 6.07) is 1.38. The highest BCUT2D eigenvalue weighted by Crippen LogP contribution is 2.36. The van der Waals surface area contributed by atoms with Gasteiger partial charge in [0, 0.05) is 40.0 Å². The molecule has 17 heavy (non-hydrogen) atoms. The number of fused-ring (bicyclic) bond motifs is 2. The number of ether oxygens (including phenoxy) is 3. The first kappa shape index (κ1) is 13.3. The summed E-state index contributed by atoms with van der Waals surface area (Å²) in [6.45, 7) is 1.68. The van der Waals surface area contributed by atoms with Gasteiger partial charge in [0.25, 0.3) is 0 Å². The Balaban J connectivity index is 1.90. The van der Waals surface area contributed by atoms with E-state index in [1.807, 2.05) is 7.11 Å². The fourth-order valence-corrected chi connectivity index (χ4v) is 3.33. The summed E-state index contributed by atoms with van der Waals surface area (Å²) in [6.07, 6.45) is 5.64.